The van der Waals surface area contributed by atoms with Crippen molar-refractivity contribution in [1.29, 1.82) is 0 Å². The number of methoxy groups -OCH3 is 1. The van der Waals surface area contributed by atoms with E-state index in [0.29, 0.717) is 68.6 Å². The minimum absolute atomic E-state index is 0.00770. The molecule has 2 fully saturated rings. The summed E-state index contributed by atoms with van der Waals surface area (Å²) in [6.07, 6.45) is -0.689. The van der Waals surface area contributed by atoms with Crippen molar-refractivity contribution in [1.82, 2.24) is 15.1 Å². The average molecular weight is 887 g/mol. The second kappa shape index (κ2) is 22.3. The largest absolute Gasteiger partial charge is 0.459 e. The molecule has 17 nitrogen and oxygen atoms in total. The molecule has 2 N–H and O–H groups in total. The van der Waals surface area contributed by atoms with Crippen LogP contribution >= 0.6 is 0 Å². The van der Waals surface area contributed by atoms with Gasteiger partial charge in [0.25, 0.3) is 0 Å². The monoisotopic (exact) mass is 887 g/mol. The molecule has 0 spiro atoms. The Morgan fingerprint density at radius 3 is 2.43 bits per heavy atom. The summed E-state index contributed by atoms with van der Waals surface area (Å²) in [4.78, 5) is 46.1. The molecular formula is C46H74N6O11. The third kappa shape index (κ3) is 12.6. The van der Waals surface area contributed by atoms with Crippen molar-refractivity contribution >= 4 is 18.0 Å². The first-order chi connectivity index (χ1) is 29.6. The van der Waals surface area contributed by atoms with Crippen LogP contribution < -0.4 is 5.32 Å². The van der Waals surface area contributed by atoms with Crippen molar-refractivity contribution < 1.29 is 52.6 Å². The Hall–Kier alpha value is -3.96. The normalized spacial score (nSPS) is 28.2. The number of unbranched alkanes of at least 4 members (excludes halogenated alkanes) is 1. The molecule has 354 valence electrons. The number of nitrogens with zero attached hydrogens (tertiary/aromatic N) is 5. The highest BCUT2D eigenvalue weighted by molar-refractivity contribution is 5.89. The molecule has 63 heavy (non-hydrogen) atoms. The number of benzene rings is 1. The molecule has 0 aromatic heterocycles. The summed E-state index contributed by atoms with van der Waals surface area (Å²) >= 11 is 0. The highest BCUT2D eigenvalue weighted by Crippen LogP contribution is 2.42. The maximum atomic E-state index is 13.3. The molecule has 2 saturated heterocycles. The van der Waals surface area contributed by atoms with Crippen LogP contribution in [0.3, 0.4) is 0 Å². The van der Waals surface area contributed by atoms with Crippen LogP contribution in [0.4, 0.5) is 4.79 Å². The van der Waals surface area contributed by atoms with Gasteiger partial charge in [-0.15, -0.1) is 0 Å². The zero-order chi connectivity index (χ0) is 46.9. The Morgan fingerprint density at radius 1 is 1.13 bits per heavy atom. The van der Waals surface area contributed by atoms with E-state index in [4.69, 9.17) is 38.7 Å². The molecule has 0 bridgehead atoms. The van der Waals surface area contributed by atoms with Gasteiger partial charge in [0, 0.05) is 62.9 Å². The van der Waals surface area contributed by atoms with Gasteiger partial charge in [-0.1, -0.05) is 51.0 Å². The zero-order valence-corrected chi connectivity index (χ0v) is 39.8. The standard InChI is InChI=1S/C46H74N6O11/c1-14-36(53)46(10)38(52(43(56)63-46)23-19-18-22-49-50-47)32(6)48-26-28(2)25-45(9,57-13)39(30(4)37-31(5)40(54)62-44(7,8)61-37)60-42-29(3)35(51(11)12)24-34(59-42)27-58-41(55)33-20-16-15-17-21-33/h15-17,20-21,28-30,32,34-36,38-39,42,48,53H,14,18-19,22-27H2,1-13H3/t28-,29-,30+,32-,34+,35?,36-,38-,39-,42+,45-,46-/m1/s1. The summed E-state index contributed by atoms with van der Waals surface area (Å²) in [6, 6.07) is 8.05. The minimum atomic E-state index is -1.22. The number of hydrogen-bond acceptors (Lipinski definition) is 14. The lowest BCUT2D eigenvalue weighted by Gasteiger charge is -2.48. The van der Waals surface area contributed by atoms with Gasteiger partial charge in [-0.05, 0) is 104 Å². The SMILES string of the molecule is CC[C@@H](O)[C@@]1(C)OC(=O)N(CCCCN=[N+]=[N-])[C@@H]1[C@@H](C)NC[C@H](C)C[C@@](C)(OC)[C@H](O[C@@H]1O[C@H](COC(=O)c2ccccc2)CC(N(C)C)[C@H]1C)[C@@H](C)C1=C(C)C(=O)OC(C)(C)O1. The molecular weight excluding hydrogens is 813 g/mol. The van der Waals surface area contributed by atoms with Crippen molar-refractivity contribution in [2.75, 3.05) is 47.4 Å². The summed E-state index contributed by atoms with van der Waals surface area (Å²) in [5.41, 5.74) is 7.33. The van der Waals surface area contributed by atoms with Crippen LogP contribution in [-0.2, 0) is 38.0 Å². The molecule has 3 aliphatic heterocycles. The molecule has 3 heterocycles. The Bertz CT molecular complexity index is 1780. The number of ether oxygens (including phenoxy) is 7. The number of nitrogens with one attached hydrogen (secondary N) is 1. The highest BCUT2D eigenvalue weighted by Gasteiger charge is 2.56. The van der Waals surface area contributed by atoms with E-state index in [1.54, 1.807) is 64.0 Å². The van der Waals surface area contributed by atoms with Crippen molar-refractivity contribution in [3.63, 3.8) is 0 Å². The van der Waals surface area contributed by atoms with Crippen molar-refractivity contribution in [2.24, 2.45) is 22.9 Å². The molecule has 1 aromatic rings. The number of carbonyl (C=O) groups excluding carboxylic acids is 3. The summed E-state index contributed by atoms with van der Waals surface area (Å²) in [5, 5.41) is 18.5. The Morgan fingerprint density at radius 2 is 1.81 bits per heavy atom. The van der Waals surface area contributed by atoms with Gasteiger partial charge >= 0.3 is 18.0 Å². The number of esters is 2. The van der Waals surface area contributed by atoms with Gasteiger partial charge in [-0.25, -0.2) is 14.4 Å². The lowest BCUT2D eigenvalue weighted by Crippen LogP contribution is -2.60. The summed E-state index contributed by atoms with van der Waals surface area (Å²) in [5.74, 6) is -2.41. The number of cyclic esters (lactones) is 2. The maximum Gasteiger partial charge on any atom is 0.410 e. The van der Waals surface area contributed by atoms with Gasteiger partial charge in [-0.3, -0.25) is 4.90 Å². The predicted molar refractivity (Wildman–Crippen MR) is 236 cm³/mol. The Balaban J connectivity index is 1.61. The van der Waals surface area contributed by atoms with E-state index in [9.17, 15) is 19.5 Å². The fourth-order valence-corrected chi connectivity index (χ4v) is 9.56. The molecule has 3 aliphatic rings. The first-order valence-corrected chi connectivity index (χ1v) is 22.4. The number of azide groups is 1. The number of aliphatic hydroxyl groups is 1. The molecule has 0 saturated carbocycles. The van der Waals surface area contributed by atoms with Crippen molar-refractivity contribution in [3.05, 3.63) is 57.7 Å². The Kier molecular flexibility index (Phi) is 18.3. The van der Waals surface area contributed by atoms with E-state index in [-0.39, 0.29) is 30.5 Å². The average Bonchev–Trinajstić information content (AvgIpc) is 3.51. The van der Waals surface area contributed by atoms with Gasteiger partial charge in [-0.2, -0.15) is 0 Å². The number of aliphatic hydroxyl groups excluding tert-OH is 1. The first-order valence-electron chi connectivity index (χ1n) is 22.4. The van der Waals surface area contributed by atoms with Crippen LogP contribution in [0.1, 0.15) is 112 Å². The third-order valence-corrected chi connectivity index (χ3v) is 13.0. The summed E-state index contributed by atoms with van der Waals surface area (Å²) < 4.78 is 44.0. The topological polar surface area (TPSA) is 203 Å². The summed E-state index contributed by atoms with van der Waals surface area (Å²) in [7, 11) is 5.66. The highest BCUT2D eigenvalue weighted by atomic mass is 16.7. The molecule has 17 heteroatoms. The van der Waals surface area contributed by atoms with Crippen molar-refractivity contribution in [2.45, 2.75) is 161 Å². The van der Waals surface area contributed by atoms with E-state index < -0.39 is 71.6 Å². The van der Waals surface area contributed by atoms with E-state index in [1.165, 1.54) is 0 Å². The molecule has 0 aliphatic carbocycles. The second-order valence-corrected chi connectivity index (χ2v) is 18.7. The van der Waals surface area contributed by atoms with Crippen LogP contribution in [0.15, 0.2) is 46.8 Å². The smallest absolute Gasteiger partial charge is 0.410 e. The predicted octanol–water partition coefficient (Wildman–Crippen LogP) is 6.98. The lowest BCUT2D eigenvalue weighted by molar-refractivity contribution is -0.290. The quantitative estimate of drug-likeness (QED) is 0.0285. The van der Waals surface area contributed by atoms with Crippen LogP contribution in [0.25, 0.3) is 10.4 Å². The minimum Gasteiger partial charge on any atom is -0.459 e. The first kappa shape index (κ1) is 51.7. The van der Waals surface area contributed by atoms with Gasteiger partial charge in [0.05, 0.1) is 41.1 Å². The maximum absolute atomic E-state index is 13.3. The zero-order valence-electron chi connectivity index (χ0n) is 39.8. The summed E-state index contributed by atoms with van der Waals surface area (Å²) in [6.45, 7) is 20.0. The molecule has 4 rings (SSSR count). The van der Waals surface area contributed by atoms with Gasteiger partial charge in [0.15, 0.2) is 11.9 Å². The number of rotatable bonds is 23. The van der Waals surface area contributed by atoms with Gasteiger partial charge in [0.1, 0.15) is 12.4 Å². The lowest BCUT2D eigenvalue weighted by atomic mass is 9.80. The number of carbonyl (C=O) groups is 3. The van der Waals surface area contributed by atoms with Crippen LogP contribution in [0.2, 0.25) is 0 Å². The van der Waals surface area contributed by atoms with E-state index in [1.807, 2.05) is 47.9 Å². The number of amides is 1. The van der Waals surface area contributed by atoms with E-state index >= 15 is 0 Å². The van der Waals surface area contributed by atoms with E-state index in [2.05, 4.69) is 34.1 Å². The molecule has 1 amide bonds. The molecule has 12 atom stereocenters. The van der Waals surface area contributed by atoms with Crippen LogP contribution in [-0.4, -0.2) is 140 Å². The fraction of sp³-hybridized carbons (Fsp3) is 0.761. The van der Waals surface area contributed by atoms with Crippen molar-refractivity contribution in [3.8, 4) is 0 Å². The van der Waals surface area contributed by atoms with Gasteiger partial charge < -0.3 is 48.5 Å². The number of hydrogen-bond donors (Lipinski definition) is 2. The third-order valence-electron chi connectivity index (χ3n) is 13.0. The Labute approximate surface area is 374 Å². The van der Waals surface area contributed by atoms with Gasteiger partial charge in [0.2, 0.25) is 5.79 Å². The van der Waals surface area contributed by atoms with E-state index in [0.717, 1.165) is 0 Å². The molecule has 1 aromatic carbocycles. The molecule has 1 unspecified atom stereocenters. The second-order valence-electron chi connectivity index (χ2n) is 18.7. The van der Waals surface area contributed by atoms with Crippen LogP contribution in [0, 0.1) is 17.8 Å². The van der Waals surface area contributed by atoms with Crippen LogP contribution in [0.5, 0.6) is 0 Å². The molecule has 0 radical (unpaired) electrons. The fourth-order valence-electron chi connectivity index (χ4n) is 9.56.